The second kappa shape index (κ2) is 9.31. The Labute approximate surface area is 169 Å². The van der Waals surface area contributed by atoms with Crippen LogP contribution in [0.5, 0.6) is 11.5 Å². The van der Waals surface area contributed by atoms with Gasteiger partial charge in [0.05, 0.1) is 7.11 Å². The Balaban J connectivity index is 1.45. The quantitative estimate of drug-likeness (QED) is 0.730. The third-order valence-corrected chi connectivity index (χ3v) is 4.96. The van der Waals surface area contributed by atoms with Crippen LogP contribution in [0.25, 0.3) is 0 Å². The van der Waals surface area contributed by atoms with Gasteiger partial charge < -0.3 is 14.4 Å². The van der Waals surface area contributed by atoms with E-state index in [4.69, 9.17) is 32.7 Å². The van der Waals surface area contributed by atoms with Crippen LogP contribution in [-0.2, 0) is 11.3 Å². The van der Waals surface area contributed by atoms with E-state index < -0.39 is 0 Å². The molecule has 2 aromatic carbocycles. The van der Waals surface area contributed by atoms with Crippen molar-refractivity contribution in [2.24, 2.45) is 0 Å². The van der Waals surface area contributed by atoms with Gasteiger partial charge in [-0.15, -0.1) is 0 Å². The fraction of sp³-hybridized carbons (Fsp3) is 0.350. The summed E-state index contributed by atoms with van der Waals surface area (Å²) in [6.07, 6.45) is 0. The molecule has 1 aliphatic rings. The van der Waals surface area contributed by atoms with Gasteiger partial charge in [0.15, 0.2) is 6.61 Å². The Hall–Kier alpha value is -1.95. The van der Waals surface area contributed by atoms with Crippen molar-refractivity contribution in [3.63, 3.8) is 0 Å². The van der Waals surface area contributed by atoms with Crippen LogP contribution >= 0.6 is 23.2 Å². The molecule has 1 aliphatic heterocycles. The average molecular weight is 409 g/mol. The first kappa shape index (κ1) is 19.8. The van der Waals surface area contributed by atoms with E-state index in [9.17, 15) is 4.79 Å². The lowest BCUT2D eigenvalue weighted by Gasteiger charge is -2.34. The number of piperazine rings is 1. The lowest BCUT2D eigenvalue weighted by Crippen LogP contribution is -2.49. The van der Waals surface area contributed by atoms with Gasteiger partial charge in [-0.2, -0.15) is 0 Å². The van der Waals surface area contributed by atoms with Gasteiger partial charge in [0.2, 0.25) is 0 Å². The fourth-order valence-corrected chi connectivity index (χ4v) is 3.32. The molecule has 3 rings (SSSR count). The van der Waals surface area contributed by atoms with Crippen LogP contribution in [0.3, 0.4) is 0 Å². The molecular weight excluding hydrogens is 387 g/mol. The van der Waals surface area contributed by atoms with Crippen molar-refractivity contribution in [3.05, 3.63) is 58.1 Å². The molecule has 0 saturated carbocycles. The van der Waals surface area contributed by atoms with Gasteiger partial charge >= 0.3 is 0 Å². The Kier molecular flexibility index (Phi) is 6.83. The van der Waals surface area contributed by atoms with Crippen LogP contribution < -0.4 is 9.47 Å². The number of rotatable bonds is 6. The Morgan fingerprint density at radius 2 is 1.63 bits per heavy atom. The van der Waals surface area contributed by atoms with Crippen molar-refractivity contribution in [1.29, 1.82) is 0 Å². The summed E-state index contributed by atoms with van der Waals surface area (Å²) in [5.74, 6) is 1.09. The molecule has 7 heteroatoms. The molecule has 0 aromatic heterocycles. The second-order valence-electron chi connectivity index (χ2n) is 6.40. The van der Waals surface area contributed by atoms with Gasteiger partial charge in [0.25, 0.3) is 5.91 Å². The predicted octanol–water partition coefficient (Wildman–Crippen LogP) is 3.73. The topological polar surface area (TPSA) is 42.0 Å². The number of benzene rings is 2. The van der Waals surface area contributed by atoms with Crippen molar-refractivity contribution < 1.29 is 14.3 Å². The van der Waals surface area contributed by atoms with E-state index in [-0.39, 0.29) is 12.5 Å². The highest BCUT2D eigenvalue weighted by Gasteiger charge is 2.21. The van der Waals surface area contributed by atoms with E-state index in [0.29, 0.717) is 29.6 Å². The van der Waals surface area contributed by atoms with Gasteiger partial charge in [-0.25, -0.2) is 0 Å². The van der Waals surface area contributed by atoms with Crippen molar-refractivity contribution in [1.82, 2.24) is 9.80 Å². The molecule has 1 heterocycles. The van der Waals surface area contributed by atoms with E-state index in [1.165, 1.54) is 5.56 Å². The maximum atomic E-state index is 12.4. The molecule has 2 aromatic rings. The molecule has 1 amide bonds. The van der Waals surface area contributed by atoms with E-state index >= 15 is 0 Å². The maximum Gasteiger partial charge on any atom is 0.260 e. The molecule has 27 heavy (non-hydrogen) atoms. The monoisotopic (exact) mass is 408 g/mol. The van der Waals surface area contributed by atoms with E-state index in [1.807, 2.05) is 29.2 Å². The van der Waals surface area contributed by atoms with E-state index in [2.05, 4.69) is 4.90 Å². The summed E-state index contributed by atoms with van der Waals surface area (Å²) in [4.78, 5) is 16.6. The number of methoxy groups -OCH3 is 1. The molecule has 1 saturated heterocycles. The van der Waals surface area contributed by atoms with Gasteiger partial charge in [-0.1, -0.05) is 35.3 Å². The van der Waals surface area contributed by atoms with Crippen molar-refractivity contribution in [3.8, 4) is 11.5 Å². The summed E-state index contributed by atoms with van der Waals surface area (Å²) in [7, 11) is 1.56. The number of carbonyl (C=O) groups excluding carboxylic acids is 1. The average Bonchev–Trinajstić information content (AvgIpc) is 2.68. The molecule has 5 nitrogen and oxygen atoms in total. The third kappa shape index (κ3) is 5.76. The minimum Gasteiger partial charge on any atom is -0.497 e. The SMILES string of the molecule is COc1cc(Cl)cc(OCC(=O)N2CCN(Cc3ccc(Cl)cc3)CC2)c1. The summed E-state index contributed by atoms with van der Waals surface area (Å²) < 4.78 is 10.7. The number of amides is 1. The third-order valence-electron chi connectivity index (χ3n) is 4.49. The lowest BCUT2D eigenvalue weighted by atomic mass is 10.2. The van der Waals surface area contributed by atoms with Crippen LogP contribution in [0, 0.1) is 0 Å². The lowest BCUT2D eigenvalue weighted by molar-refractivity contribution is -0.135. The van der Waals surface area contributed by atoms with Gasteiger partial charge in [-0.3, -0.25) is 9.69 Å². The van der Waals surface area contributed by atoms with Crippen molar-refractivity contribution in [2.45, 2.75) is 6.54 Å². The first-order valence-corrected chi connectivity index (χ1v) is 9.51. The first-order valence-electron chi connectivity index (χ1n) is 8.75. The smallest absolute Gasteiger partial charge is 0.260 e. The van der Waals surface area contributed by atoms with Crippen LogP contribution in [-0.4, -0.2) is 55.6 Å². The Bertz CT molecular complexity index is 775. The van der Waals surface area contributed by atoms with E-state index in [0.717, 1.165) is 24.7 Å². The van der Waals surface area contributed by atoms with E-state index in [1.54, 1.807) is 25.3 Å². The minimum atomic E-state index is -0.0277. The van der Waals surface area contributed by atoms with Gasteiger partial charge in [0, 0.05) is 48.8 Å². The highest BCUT2D eigenvalue weighted by molar-refractivity contribution is 6.31. The highest BCUT2D eigenvalue weighted by Crippen LogP contribution is 2.25. The van der Waals surface area contributed by atoms with Crippen molar-refractivity contribution >= 4 is 29.1 Å². The zero-order chi connectivity index (χ0) is 19.2. The molecule has 0 spiro atoms. The zero-order valence-corrected chi connectivity index (χ0v) is 16.7. The predicted molar refractivity (Wildman–Crippen MR) is 107 cm³/mol. The first-order chi connectivity index (χ1) is 13.0. The molecule has 0 bridgehead atoms. The number of hydrogen-bond acceptors (Lipinski definition) is 4. The number of nitrogens with zero attached hydrogens (tertiary/aromatic N) is 2. The number of hydrogen-bond donors (Lipinski definition) is 0. The zero-order valence-electron chi connectivity index (χ0n) is 15.2. The minimum absolute atomic E-state index is 0.0132. The highest BCUT2D eigenvalue weighted by atomic mass is 35.5. The Morgan fingerprint density at radius 3 is 2.30 bits per heavy atom. The largest absolute Gasteiger partial charge is 0.497 e. The van der Waals surface area contributed by atoms with Crippen LogP contribution in [0.15, 0.2) is 42.5 Å². The van der Waals surface area contributed by atoms with Crippen LogP contribution in [0.1, 0.15) is 5.56 Å². The number of ether oxygens (including phenoxy) is 2. The standard InChI is InChI=1S/C20H22Cl2N2O3/c1-26-18-10-17(22)11-19(12-18)27-14-20(25)24-8-6-23(7-9-24)13-15-2-4-16(21)5-3-15/h2-5,10-12H,6-9,13-14H2,1H3. The summed E-state index contributed by atoms with van der Waals surface area (Å²) in [6.45, 7) is 3.89. The molecule has 144 valence electrons. The molecule has 0 unspecified atom stereocenters. The molecular formula is C20H22Cl2N2O3. The molecule has 0 radical (unpaired) electrons. The normalized spacial score (nSPS) is 14.9. The summed E-state index contributed by atoms with van der Waals surface area (Å²) in [6, 6.07) is 12.9. The van der Waals surface area contributed by atoms with Gasteiger partial charge in [0.1, 0.15) is 11.5 Å². The summed E-state index contributed by atoms with van der Waals surface area (Å²) >= 11 is 11.9. The van der Waals surface area contributed by atoms with Crippen LogP contribution in [0.2, 0.25) is 10.0 Å². The second-order valence-corrected chi connectivity index (χ2v) is 7.27. The molecule has 0 N–H and O–H groups in total. The molecule has 0 atom stereocenters. The number of carbonyl (C=O) groups is 1. The molecule has 1 fully saturated rings. The van der Waals surface area contributed by atoms with Crippen molar-refractivity contribution in [2.75, 3.05) is 39.9 Å². The summed E-state index contributed by atoms with van der Waals surface area (Å²) in [5, 5.41) is 1.25. The van der Waals surface area contributed by atoms with Crippen LogP contribution in [0.4, 0.5) is 0 Å². The maximum absolute atomic E-state index is 12.4. The molecule has 0 aliphatic carbocycles. The van der Waals surface area contributed by atoms with Gasteiger partial charge in [-0.05, 0) is 29.8 Å². The number of halogens is 2. The Morgan fingerprint density at radius 1 is 0.963 bits per heavy atom. The summed E-state index contributed by atoms with van der Waals surface area (Å²) in [5.41, 5.74) is 1.22. The fourth-order valence-electron chi connectivity index (χ4n) is 2.98.